The Morgan fingerprint density at radius 2 is 1.10 bits per heavy atom. The molecule has 0 aliphatic heterocycles. The van der Waals surface area contributed by atoms with Crippen molar-refractivity contribution in [2.24, 2.45) is 0 Å². The molecule has 0 unspecified atom stereocenters. The lowest BCUT2D eigenvalue weighted by Crippen LogP contribution is -2.13. The first-order chi connectivity index (χ1) is 10.4. The standard InChI is InChI=1S/C20H19N/c1-2-6-10-17(9-5-1)18-13-15-20(16-14-18)21-19-11-7-3-4-8-12-19/h1-17,19,21H. The molecule has 0 aromatic heterocycles. The van der Waals surface area contributed by atoms with Gasteiger partial charge in [0.1, 0.15) is 0 Å². The monoisotopic (exact) mass is 273 g/mol. The molecule has 1 aromatic carbocycles. The molecule has 21 heavy (non-hydrogen) atoms. The molecule has 0 spiro atoms. The number of hydrogen-bond donors (Lipinski definition) is 1. The Balaban J connectivity index is 1.69. The lowest BCUT2D eigenvalue weighted by molar-refractivity contribution is 1.08. The van der Waals surface area contributed by atoms with Gasteiger partial charge in [-0.15, -0.1) is 0 Å². The van der Waals surface area contributed by atoms with Gasteiger partial charge in [0.05, 0.1) is 6.04 Å². The molecule has 1 N–H and O–H groups in total. The average Bonchev–Trinajstić information content (AvgIpc) is 2.93. The lowest BCUT2D eigenvalue weighted by Gasteiger charge is -2.14. The maximum Gasteiger partial charge on any atom is 0.0634 e. The molecule has 1 nitrogen and oxygen atoms in total. The van der Waals surface area contributed by atoms with Crippen molar-refractivity contribution in [3.8, 4) is 0 Å². The van der Waals surface area contributed by atoms with Gasteiger partial charge in [-0.25, -0.2) is 0 Å². The van der Waals surface area contributed by atoms with Crippen LogP contribution < -0.4 is 5.32 Å². The van der Waals surface area contributed by atoms with E-state index in [4.69, 9.17) is 0 Å². The Hall–Kier alpha value is -2.54. The summed E-state index contributed by atoms with van der Waals surface area (Å²) in [4.78, 5) is 0. The lowest BCUT2D eigenvalue weighted by atomic mass is 9.98. The molecule has 2 aliphatic rings. The summed E-state index contributed by atoms with van der Waals surface area (Å²) in [5, 5.41) is 3.50. The normalized spacial score (nSPS) is 17.9. The van der Waals surface area contributed by atoms with Gasteiger partial charge in [-0.2, -0.15) is 0 Å². The predicted octanol–water partition coefficient (Wildman–Crippen LogP) is 4.92. The van der Waals surface area contributed by atoms with Crippen LogP contribution in [0.1, 0.15) is 11.5 Å². The highest BCUT2D eigenvalue weighted by atomic mass is 14.9. The molecule has 0 fully saturated rings. The van der Waals surface area contributed by atoms with Crippen molar-refractivity contribution in [2.45, 2.75) is 12.0 Å². The number of benzene rings is 1. The molecule has 2 aliphatic carbocycles. The van der Waals surface area contributed by atoms with Gasteiger partial charge in [-0.05, 0) is 17.7 Å². The number of nitrogens with one attached hydrogen (secondary N) is 1. The van der Waals surface area contributed by atoms with Crippen molar-refractivity contribution in [3.63, 3.8) is 0 Å². The molecular formula is C20H19N. The fourth-order valence-corrected chi connectivity index (χ4v) is 2.43. The highest BCUT2D eigenvalue weighted by Gasteiger charge is 2.06. The van der Waals surface area contributed by atoms with Crippen molar-refractivity contribution in [1.82, 2.24) is 0 Å². The zero-order valence-electron chi connectivity index (χ0n) is 11.9. The van der Waals surface area contributed by atoms with Crippen LogP contribution in [0.4, 0.5) is 5.69 Å². The summed E-state index contributed by atoms with van der Waals surface area (Å²) in [5.74, 6) is 0.357. The zero-order chi connectivity index (χ0) is 14.3. The molecule has 0 atom stereocenters. The number of rotatable bonds is 3. The second kappa shape index (κ2) is 6.76. The van der Waals surface area contributed by atoms with E-state index in [1.165, 1.54) is 5.56 Å². The molecule has 1 aromatic rings. The van der Waals surface area contributed by atoms with E-state index in [1.807, 2.05) is 12.2 Å². The van der Waals surface area contributed by atoms with E-state index in [1.54, 1.807) is 0 Å². The van der Waals surface area contributed by atoms with E-state index < -0.39 is 0 Å². The fourth-order valence-electron chi connectivity index (χ4n) is 2.43. The predicted molar refractivity (Wildman–Crippen MR) is 91.4 cm³/mol. The van der Waals surface area contributed by atoms with Gasteiger partial charge in [0.15, 0.2) is 0 Å². The minimum absolute atomic E-state index is 0.243. The van der Waals surface area contributed by atoms with Crippen LogP contribution in [-0.4, -0.2) is 6.04 Å². The third kappa shape index (κ3) is 3.73. The zero-order valence-corrected chi connectivity index (χ0v) is 11.9. The topological polar surface area (TPSA) is 12.0 Å². The molecule has 0 bridgehead atoms. The van der Waals surface area contributed by atoms with Crippen molar-refractivity contribution in [2.75, 3.05) is 5.32 Å². The second-order valence-corrected chi connectivity index (χ2v) is 5.13. The molecule has 0 radical (unpaired) electrons. The first kappa shape index (κ1) is 13.4. The van der Waals surface area contributed by atoms with Crippen molar-refractivity contribution >= 4 is 5.69 Å². The highest BCUT2D eigenvalue weighted by molar-refractivity contribution is 5.49. The van der Waals surface area contributed by atoms with Crippen LogP contribution in [0.2, 0.25) is 0 Å². The molecule has 0 saturated carbocycles. The Labute approximate surface area is 126 Å². The number of hydrogen-bond acceptors (Lipinski definition) is 1. The van der Waals surface area contributed by atoms with Gasteiger partial charge < -0.3 is 5.32 Å². The van der Waals surface area contributed by atoms with Crippen LogP contribution in [0.5, 0.6) is 0 Å². The summed E-state index contributed by atoms with van der Waals surface area (Å²) in [6.07, 6.45) is 25.3. The molecular weight excluding hydrogens is 254 g/mol. The van der Waals surface area contributed by atoms with E-state index >= 15 is 0 Å². The summed E-state index contributed by atoms with van der Waals surface area (Å²) in [7, 11) is 0. The minimum atomic E-state index is 0.243. The molecule has 1 heteroatoms. The summed E-state index contributed by atoms with van der Waals surface area (Å²) in [5.41, 5.74) is 2.45. The first-order valence-electron chi connectivity index (χ1n) is 7.32. The molecule has 0 heterocycles. The maximum absolute atomic E-state index is 3.50. The summed E-state index contributed by atoms with van der Waals surface area (Å²) in [6, 6.07) is 8.92. The molecule has 3 rings (SSSR count). The SMILES string of the molecule is C1=CC=CC(Nc2ccc(C3C=CC=CC=C3)cc2)C=C1. The van der Waals surface area contributed by atoms with Gasteiger partial charge in [-0.3, -0.25) is 0 Å². The van der Waals surface area contributed by atoms with Gasteiger partial charge in [0, 0.05) is 11.6 Å². The molecule has 0 amide bonds. The minimum Gasteiger partial charge on any atom is -0.375 e. The summed E-state index contributed by atoms with van der Waals surface area (Å²) < 4.78 is 0. The number of anilines is 1. The van der Waals surface area contributed by atoms with Crippen LogP contribution in [0.25, 0.3) is 0 Å². The Morgan fingerprint density at radius 1 is 0.571 bits per heavy atom. The van der Waals surface area contributed by atoms with Crippen LogP contribution >= 0.6 is 0 Å². The smallest absolute Gasteiger partial charge is 0.0634 e. The van der Waals surface area contributed by atoms with E-state index in [2.05, 4.69) is 90.3 Å². The Kier molecular flexibility index (Phi) is 4.33. The van der Waals surface area contributed by atoms with Crippen molar-refractivity contribution in [1.29, 1.82) is 0 Å². The van der Waals surface area contributed by atoms with Gasteiger partial charge >= 0.3 is 0 Å². The Morgan fingerprint density at radius 3 is 1.67 bits per heavy atom. The largest absolute Gasteiger partial charge is 0.375 e. The third-order valence-corrected chi connectivity index (χ3v) is 3.57. The summed E-state index contributed by atoms with van der Waals surface area (Å²) in [6.45, 7) is 0. The fraction of sp³-hybridized carbons (Fsp3) is 0.100. The van der Waals surface area contributed by atoms with Gasteiger partial charge in [-0.1, -0.05) is 85.0 Å². The van der Waals surface area contributed by atoms with Gasteiger partial charge in [0.25, 0.3) is 0 Å². The van der Waals surface area contributed by atoms with Crippen LogP contribution in [0.3, 0.4) is 0 Å². The van der Waals surface area contributed by atoms with Crippen molar-refractivity contribution in [3.05, 3.63) is 103 Å². The molecule has 0 saturated heterocycles. The van der Waals surface area contributed by atoms with E-state index in [9.17, 15) is 0 Å². The quantitative estimate of drug-likeness (QED) is 0.824. The maximum atomic E-state index is 3.50. The highest BCUT2D eigenvalue weighted by Crippen LogP contribution is 2.23. The van der Waals surface area contributed by atoms with E-state index in [0.717, 1.165) is 5.69 Å². The van der Waals surface area contributed by atoms with E-state index in [0.29, 0.717) is 5.92 Å². The van der Waals surface area contributed by atoms with Crippen molar-refractivity contribution < 1.29 is 0 Å². The summed E-state index contributed by atoms with van der Waals surface area (Å²) >= 11 is 0. The third-order valence-electron chi connectivity index (χ3n) is 3.57. The van der Waals surface area contributed by atoms with Gasteiger partial charge in [0.2, 0.25) is 0 Å². The Bertz CT molecular complexity index is 607. The second-order valence-electron chi connectivity index (χ2n) is 5.13. The van der Waals surface area contributed by atoms with Crippen LogP contribution in [-0.2, 0) is 0 Å². The van der Waals surface area contributed by atoms with Crippen LogP contribution in [0.15, 0.2) is 97.2 Å². The van der Waals surface area contributed by atoms with E-state index in [-0.39, 0.29) is 6.04 Å². The average molecular weight is 273 g/mol. The first-order valence-corrected chi connectivity index (χ1v) is 7.32. The van der Waals surface area contributed by atoms with Crippen LogP contribution in [0, 0.1) is 0 Å². The number of allylic oxidation sites excluding steroid dienone is 10. The molecule has 104 valence electrons.